The molecule has 0 saturated carbocycles. The number of primary amides is 1. The van der Waals surface area contributed by atoms with Gasteiger partial charge in [-0.25, -0.2) is 4.79 Å². The first-order valence-corrected chi connectivity index (χ1v) is 44.2. The number of aliphatic hydroxyl groups is 3. The number of benzene rings is 2. The standard InChI is InChI=1S/C65H106N13O18P3S3/c1-5-6-19-68-64(90)71-52-38-101-36-48-31-47(35-100-30-20-67-56(83)18-29-97(91,92)40-74-23-25-75(41-98(93,94)43-79)27-28-76(26-24-74)42-99(95,96)44-80)32-49(33-48)37-102-39-65(3,4)73-59(85)51(34-46-12-8-7-9-13-46)70-58(84)50(16-17-55(66)82)69-61(87)57(45(2)81)72-60(86)53-14-10-21-77(53)63(89)54-15-11-22-78(54)62(52)88/h7-9,12-13,31-33,45,50-54,57,79-81H,5-6,10-11,14-30,34-44H2,1-4H3,(H2,66,82)(H,67,83)(H,69,87)(H,70,84)(H,72,86)(H,73,85)(H,91,92)(H,93,94)(H,95,96)(H2,68,71,90)/t45-,50+,51+,52+,53+,54+,57+/m1/s1. The van der Waals surface area contributed by atoms with Gasteiger partial charge in [0.2, 0.25) is 69.4 Å². The zero-order valence-corrected chi connectivity index (χ0v) is 63.9. The molecule has 102 heavy (non-hydrogen) atoms. The van der Waals surface area contributed by atoms with Crippen LogP contribution < -0.4 is 43.0 Å². The summed E-state index contributed by atoms with van der Waals surface area (Å²) in [7, 11) is -11.9. The molecule has 15 N–H and O–H groups in total. The SMILES string of the molecule is CCCCNC(=O)N[C@H]1CSCc2cc(CSCCNC(=O)CCP(=O)(O)CN3CCN(CP(=O)(O)CO)CCN(CP(=O)(O)CO)CC3)cc(c2)CSCC(C)(C)NC(=O)[C@H](Cc2ccccc2)NC(=O)[C@H](CCC(N)=O)NC(=O)[C@H]([C@@H](C)O)NC(=O)[C@@H]2CCCN2C(=O)[C@@H]2CCCN2C1=O. The van der Waals surface area contributed by atoms with Crippen LogP contribution in [0.5, 0.6) is 0 Å². The van der Waals surface area contributed by atoms with Crippen LogP contribution in [-0.2, 0) is 75.7 Å². The molecule has 31 nitrogen and oxygen atoms in total. The van der Waals surface area contributed by atoms with Crippen LogP contribution in [-0.4, -0.2) is 276 Å². The molecule has 4 heterocycles. The number of urea groups is 1. The van der Waals surface area contributed by atoms with Gasteiger partial charge in [-0.3, -0.25) is 66.8 Å². The molecule has 3 unspecified atom stereocenters. The molecule has 2 bridgehead atoms. The average molecular weight is 1550 g/mol. The Bertz CT molecular complexity index is 3280. The van der Waals surface area contributed by atoms with Gasteiger partial charge in [-0.05, 0) is 81.5 Å². The second-order valence-electron chi connectivity index (χ2n) is 27.2. The number of hydrogen-bond donors (Lipinski definition) is 14. The molecule has 0 aliphatic carbocycles. The largest absolute Gasteiger partial charge is 0.391 e. The van der Waals surface area contributed by atoms with E-state index in [9.17, 15) is 86.8 Å². The highest BCUT2D eigenvalue weighted by Gasteiger charge is 2.45. The minimum absolute atomic E-state index is 0.0203. The summed E-state index contributed by atoms with van der Waals surface area (Å²) in [6.07, 6.45) is -2.99. The van der Waals surface area contributed by atoms with E-state index in [0.29, 0.717) is 60.1 Å². The number of fused-ring (bicyclic) bond motifs is 4. The Morgan fingerprint density at radius 3 is 1.83 bits per heavy atom. The Morgan fingerprint density at radius 2 is 1.25 bits per heavy atom. The Balaban J connectivity index is 1.21. The molecule has 6 rings (SSSR count). The second-order valence-corrected chi connectivity index (χ2v) is 37.3. The number of amides is 10. The Hall–Kier alpha value is -5.15. The molecule has 0 aromatic heterocycles. The topological polar surface area (TPSA) is 453 Å². The smallest absolute Gasteiger partial charge is 0.315 e. The molecule has 10 amide bonds. The Labute approximate surface area is 610 Å². The quantitative estimate of drug-likeness (QED) is 0.0463. The number of nitrogens with zero attached hydrogens (tertiary/aromatic N) is 5. The number of aliphatic hydroxyl groups excluding tert-OH is 3. The average Bonchev–Trinajstić information content (AvgIpc) is 1.63. The summed E-state index contributed by atoms with van der Waals surface area (Å²) in [4.78, 5) is 165. The van der Waals surface area contributed by atoms with E-state index in [1.807, 2.05) is 32.9 Å². The predicted molar refractivity (Wildman–Crippen MR) is 393 cm³/mol. The van der Waals surface area contributed by atoms with Gasteiger partial charge in [0.25, 0.3) is 0 Å². The number of carbonyl (C=O) groups is 9. The number of nitrogens with one attached hydrogen (secondary N) is 7. The summed E-state index contributed by atoms with van der Waals surface area (Å²) < 4.78 is 38.6. The van der Waals surface area contributed by atoms with E-state index in [0.717, 1.165) is 23.1 Å². The van der Waals surface area contributed by atoms with Crippen LogP contribution in [0, 0.1) is 0 Å². The maximum atomic E-state index is 14.9. The molecule has 4 aliphatic heterocycles. The molecule has 0 spiro atoms. The zero-order chi connectivity index (χ0) is 74.8. The fourth-order valence-corrected chi connectivity index (χ4v) is 18.8. The molecule has 10 atom stereocenters. The van der Waals surface area contributed by atoms with Crippen LogP contribution in [0.1, 0.15) is 108 Å². The first kappa shape index (κ1) is 85.8. The minimum atomic E-state index is -3.99. The summed E-state index contributed by atoms with van der Waals surface area (Å²) >= 11 is 4.46. The van der Waals surface area contributed by atoms with Crippen molar-refractivity contribution in [2.45, 2.75) is 157 Å². The first-order valence-electron chi connectivity index (χ1n) is 34.6. The predicted octanol–water partition coefficient (Wildman–Crippen LogP) is 1.10. The van der Waals surface area contributed by atoms with Gasteiger partial charge in [-0.2, -0.15) is 35.3 Å². The van der Waals surface area contributed by atoms with Crippen molar-refractivity contribution in [3.05, 3.63) is 70.8 Å². The van der Waals surface area contributed by atoms with Crippen molar-refractivity contribution in [1.82, 2.24) is 61.7 Å². The second kappa shape index (κ2) is 41.7. The van der Waals surface area contributed by atoms with E-state index in [1.54, 1.807) is 45.0 Å². The van der Waals surface area contributed by atoms with Gasteiger partial charge in [-0.15, -0.1) is 0 Å². The highest BCUT2D eigenvalue weighted by atomic mass is 32.2. The van der Waals surface area contributed by atoms with E-state index >= 15 is 0 Å². The van der Waals surface area contributed by atoms with Gasteiger partial charge in [0.1, 0.15) is 48.9 Å². The number of unbranched alkanes of at least 4 members (excludes halogenated alkanes) is 1. The van der Waals surface area contributed by atoms with E-state index in [2.05, 4.69) is 43.3 Å². The van der Waals surface area contributed by atoms with E-state index < -0.39 is 136 Å². The number of hydrogen-bond acceptors (Lipinski definition) is 21. The van der Waals surface area contributed by atoms with Gasteiger partial charge >= 0.3 is 6.03 Å². The summed E-state index contributed by atoms with van der Waals surface area (Å²) in [6, 6.07) is 6.91. The summed E-state index contributed by atoms with van der Waals surface area (Å²) in [5.41, 5.74) is 8.08. The Morgan fingerprint density at radius 1 is 0.686 bits per heavy atom. The molecular formula is C65H106N13O18P3S3. The molecule has 3 fully saturated rings. The van der Waals surface area contributed by atoms with Gasteiger partial charge < -0.3 is 82.8 Å². The lowest BCUT2D eigenvalue weighted by molar-refractivity contribution is -0.147. The number of thioether (sulfide) groups is 3. The summed E-state index contributed by atoms with van der Waals surface area (Å²) in [5, 5.41) is 49.5. The van der Waals surface area contributed by atoms with Gasteiger partial charge in [-0.1, -0.05) is 61.9 Å². The number of carbonyl (C=O) groups excluding carboxylic acids is 9. The number of nitrogens with two attached hydrogens (primary N) is 1. The first-order chi connectivity index (χ1) is 48.3. The fourth-order valence-electron chi connectivity index (χ4n) is 12.3. The molecular weight excluding hydrogens is 1440 g/mol. The van der Waals surface area contributed by atoms with Gasteiger partial charge in [0.15, 0.2) is 0 Å². The van der Waals surface area contributed by atoms with Crippen LogP contribution in [0.4, 0.5) is 4.79 Å². The molecule has 0 radical (unpaired) electrons. The Kier molecular flexibility index (Phi) is 35.0. The third kappa shape index (κ3) is 29.3. The lowest BCUT2D eigenvalue weighted by Crippen LogP contribution is -2.62. The van der Waals surface area contributed by atoms with E-state index in [-0.39, 0.29) is 128 Å². The third-order valence-electron chi connectivity index (χ3n) is 17.7. The van der Waals surface area contributed by atoms with Crippen LogP contribution in [0.3, 0.4) is 0 Å². The van der Waals surface area contributed by atoms with Crippen LogP contribution in [0.25, 0.3) is 0 Å². The van der Waals surface area contributed by atoms with E-state index in [1.165, 1.54) is 52.0 Å². The van der Waals surface area contributed by atoms with Crippen molar-refractivity contribution >= 4 is 111 Å². The van der Waals surface area contributed by atoms with Gasteiger partial charge in [0.05, 0.1) is 25.0 Å². The lowest BCUT2D eigenvalue weighted by Gasteiger charge is -2.33. The molecule has 2 aromatic rings. The third-order valence-corrected chi connectivity index (χ3v) is 25.6. The monoisotopic (exact) mass is 1550 g/mol. The molecule has 37 heteroatoms. The van der Waals surface area contributed by atoms with E-state index in [4.69, 9.17) is 5.73 Å². The molecule has 3 saturated heterocycles. The highest BCUT2D eigenvalue weighted by molar-refractivity contribution is 7.99. The summed E-state index contributed by atoms with van der Waals surface area (Å²) in [5.74, 6) is -3.13. The highest BCUT2D eigenvalue weighted by Crippen LogP contribution is 2.43. The zero-order valence-electron chi connectivity index (χ0n) is 58.7. The maximum absolute atomic E-state index is 14.9. The van der Waals surface area contributed by atoms with Crippen molar-refractivity contribution in [2.75, 3.05) is 120 Å². The van der Waals surface area contributed by atoms with Crippen LogP contribution in [0.2, 0.25) is 0 Å². The molecule has 2 aromatic carbocycles. The normalized spacial score (nSPS) is 24.6. The minimum Gasteiger partial charge on any atom is -0.391 e. The summed E-state index contributed by atoms with van der Waals surface area (Å²) in [6.45, 7) is 8.91. The van der Waals surface area contributed by atoms with Crippen molar-refractivity contribution in [2.24, 2.45) is 5.73 Å². The van der Waals surface area contributed by atoms with Gasteiger partial charge in [0, 0.05) is 131 Å². The van der Waals surface area contributed by atoms with Crippen molar-refractivity contribution in [3.63, 3.8) is 0 Å². The van der Waals surface area contributed by atoms with Crippen molar-refractivity contribution in [1.29, 1.82) is 0 Å². The number of rotatable bonds is 26. The van der Waals surface area contributed by atoms with Crippen molar-refractivity contribution in [3.8, 4) is 0 Å². The lowest BCUT2D eigenvalue weighted by atomic mass is 10.0. The fraction of sp³-hybridized carbons (Fsp3) is 0.677. The van der Waals surface area contributed by atoms with Crippen molar-refractivity contribution < 1.29 is 86.8 Å². The molecule has 572 valence electrons. The van der Waals surface area contributed by atoms with Crippen LogP contribution >= 0.6 is 57.4 Å². The van der Waals surface area contributed by atoms with Crippen LogP contribution in [0.15, 0.2) is 48.5 Å². The maximum Gasteiger partial charge on any atom is 0.315 e. The molecule has 4 aliphatic rings.